The van der Waals surface area contributed by atoms with E-state index in [0.717, 1.165) is 0 Å². The van der Waals surface area contributed by atoms with Gasteiger partial charge in [0.2, 0.25) is 5.95 Å². The van der Waals surface area contributed by atoms with Crippen LogP contribution in [0.5, 0.6) is 0 Å². The number of pyridine rings is 1. The van der Waals surface area contributed by atoms with Crippen LogP contribution in [0.2, 0.25) is 0 Å². The Morgan fingerprint density at radius 1 is 1.22 bits per heavy atom. The maximum Gasteiger partial charge on any atom is 0.421 e. The van der Waals surface area contributed by atoms with Crippen molar-refractivity contribution in [2.45, 2.75) is 6.18 Å². The Morgan fingerprint density at radius 2 is 2.00 bits per heavy atom. The molecule has 0 fully saturated rings. The molecule has 0 radical (unpaired) electrons. The summed E-state index contributed by atoms with van der Waals surface area (Å²) in [5.41, 5.74) is 4.96. The molecule has 0 saturated carbocycles. The highest BCUT2D eigenvalue weighted by molar-refractivity contribution is 5.56. The van der Waals surface area contributed by atoms with Crippen molar-refractivity contribution in [3.63, 3.8) is 0 Å². The smallest absolute Gasteiger partial charge is 0.368 e. The lowest BCUT2D eigenvalue weighted by Crippen LogP contribution is -2.19. The highest BCUT2D eigenvalue weighted by atomic mass is 19.4. The molecule has 0 aromatic carbocycles. The minimum Gasteiger partial charge on any atom is -0.368 e. The molecule has 0 saturated heterocycles. The third kappa shape index (κ3) is 4.27. The van der Waals surface area contributed by atoms with E-state index >= 15 is 0 Å². The van der Waals surface area contributed by atoms with E-state index in [1.54, 1.807) is 6.07 Å². The largest absolute Gasteiger partial charge is 0.421 e. The third-order valence-corrected chi connectivity index (χ3v) is 2.67. The number of alkyl halides is 3. The van der Waals surface area contributed by atoms with Crippen molar-refractivity contribution in [3.8, 4) is 6.07 Å². The SMILES string of the molecule is N#Cc1ccc(Nc2ncc(C(F)(F)F)c(NCCN)n2)cn1. The Morgan fingerprint density at radius 3 is 2.57 bits per heavy atom. The minimum absolute atomic E-state index is 0.0379. The molecule has 0 amide bonds. The number of hydrogen-bond donors (Lipinski definition) is 3. The lowest BCUT2D eigenvalue weighted by Gasteiger charge is -2.14. The van der Waals surface area contributed by atoms with Crippen LogP contribution in [0.4, 0.5) is 30.6 Å². The lowest BCUT2D eigenvalue weighted by molar-refractivity contribution is -0.137. The van der Waals surface area contributed by atoms with Crippen LogP contribution in [-0.4, -0.2) is 28.0 Å². The van der Waals surface area contributed by atoms with Gasteiger partial charge in [0.25, 0.3) is 0 Å². The van der Waals surface area contributed by atoms with Gasteiger partial charge in [0.1, 0.15) is 23.1 Å². The molecule has 0 bridgehead atoms. The number of rotatable bonds is 5. The van der Waals surface area contributed by atoms with Gasteiger partial charge in [-0.25, -0.2) is 9.97 Å². The molecule has 0 unspecified atom stereocenters. The normalized spacial score (nSPS) is 10.9. The van der Waals surface area contributed by atoms with Crippen LogP contribution in [-0.2, 0) is 6.18 Å². The summed E-state index contributed by atoms with van der Waals surface area (Å²) in [7, 11) is 0. The van der Waals surface area contributed by atoms with Crippen molar-refractivity contribution >= 4 is 17.5 Å². The van der Waals surface area contributed by atoms with E-state index in [1.165, 1.54) is 12.3 Å². The van der Waals surface area contributed by atoms with Gasteiger partial charge in [-0.05, 0) is 12.1 Å². The molecular formula is C13H12F3N7. The van der Waals surface area contributed by atoms with Crippen LogP contribution in [0, 0.1) is 11.3 Å². The van der Waals surface area contributed by atoms with Crippen molar-refractivity contribution in [3.05, 3.63) is 35.8 Å². The summed E-state index contributed by atoms with van der Waals surface area (Å²) in [6.45, 7) is 0.293. The van der Waals surface area contributed by atoms with E-state index in [-0.39, 0.29) is 30.5 Å². The van der Waals surface area contributed by atoms with Gasteiger partial charge in [-0.1, -0.05) is 0 Å². The molecular weight excluding hydrogens is 311 g/mol. The zero-order valence-electron chi connectivity index (χ0n) is 11.7. The molecule has 2 rings (SSSR count). The van der Waals surface area contributed by atoms with Gasteiger partial charge >= 0.3 is 6.18 Å². The molecule has 2 heterocycles. The topological polar surface area (TPSA) is 113 Å². The van der Waals surface area contributed by atoms with Crippen LogP contribution >= 0.6 is 0 Å². The fraction of sp³-hybridized carbons (Fsp3) is 0.231. The van der Waals surface area contributed by atoms with Gasteiger partial charge in [-0.15, -0.1) is 0 Å². The van der Waals surface area contributed by atoms with Crippen LogP contribution < -0.4 is 16.4 Å². The summed E-state index contributed by atoms with van der Waals surface area (Å²) < 4.78 is 38.7. The van der Waals surface area contributed by atoms with E-state index in [1.807, 2.05) is 6.07 Å². The molecule has 4 N–H and O–H groups in total. The zero-order chi connectivity index (χ0) is 16.9. The van der Waals surface area contributed by atoms with Gasteiger partial charge in [-0.3, -0.25) is 0 Å². The Bertz CT molecular complexity index is 707. The molecule has 2 aromatic heterocycles. The maximum atomic E-state index is 12.9. The fourth-order valence-corrected chi connectivity index (χ4v) is 1.64. The van der Waals surface area contributed by atoms with Crippen LogP contribution in [0.1, 0.15) is 11.3 Å². The summed E-state index contributed by atoms with van der Waals surface area (Å²) in [5.74, 6) is -0.397. The number of nitrogens with two attached hydrogens (primary N) is 1. The summed E-state index contributed by atoms with van der Waals surface area (Å²) in [5, 5.41) is 13.9. The van der Waals surface area contributed by atoms with E-state index in [2.05, 4.69) is 25.6 Å². The van der Waals surface area contributed by atoms with Crippen LogP contribution in [0.3, 0.4) is 0 Å². The second kappa shape index (κ2) is 6.89. The molecule has 0 atom stereocenters. The second-order valence-electron chi connectivity index (χ2n) is 4.34. The van der Waals surface area contributed by atoms with Gasteiger partial charge in [0.15, 0.2) is 0 Å². The Balaban J connectivity index is 2.26. The van der Waals surface area contributed by atoms with Crippen molar-refractivity contribution < 1.29 is 13.2 Å². The van der Waals surface area contributed by atoms with Gasteiger partial charge in [-0.2, -0.15) is 23.4 Å². The van der Waals surface area contributed by atoms with Crippen molar-refractivity contribution in [2.75, 3.05) is 23.7 Å². The Kier molecular flexibility index (Phi) is 4.92. The van der Waals surface area contributed by atoms with E-state index in [0.29, 0.717) is 11.9 Å². The molecule has 0 spiro atoms. The highest BCUT2D eigenvalue weighted by Gasteiger charge is 2.35. The molecule has 0 aliphatic heterocycles. The van der Waals surface area contributed by atoms with E-state index in [4.69, 9.17) is 11.0 Å². The first-order valence-corrected chi connectivity index (χ1v) is 6.45. The number of nitrogens with one attached hydrogen (secondary N) is 2. The number of hydrogen-bond acceptors (Lipinski definition) is 7. The number of nitriles is 1. The fourth-order valence-electron chi connectivity index (χ4n) is 1.64. The van der Waals surface area contributed by atoms with Crippen LogP contribution in [0.15, 0.2) is 24.5 Å². The first kappa shape index (κ1) is 16.4. The van der Waals surface area contributed by atoms with E-state index < -0.39 is 11.7 Å². The third-order valence-electron chi connectivity index (χ3n) is 2.67. The molecule has 0 aliphatic rings. The number of nitrogens with zero attached hydrogens (tertiary/aromatic N) is 4. The number of anilines is 3. The van der Waals surface area contributed by atoms with Gasteiger partial charge in [0, 0.05) is 19.3 Å². The van der Waals surface area contributed by atoms with E-state index in [9.17, 15) is 13.2 Å². The first-order valence-electron chi connectivity index (χ1n) is 6.45. The molecule has 23 heavy (non-hydrogen) atoms. The van der Waals surface area contributed by atoms with Crippen molar-refractivity contribution in [2.24, 2.45) is 5.73 Å². The molecule has 0 aliphatic carbocycles. The van der Waals surface area contributed by atoms with Crippen molar-refractivity contribution in [1.29, 1.82) is 5.26 Å². The Labute approximate surface area is 129 Å². The first-order chi connectivity index (χ1) is 10.9. The maximum absolute atomic E-state index is 12.9. The van der Waals surface area contributed by atoms with Crippen molar-refractivity contribution in [1.82, 2.24) is 15.0 Å². The molecule has 120 valence electrons. The summed E-state index contributed by atoms with van der Waals surface area (Å²) in [4.78, 5) is 11.3. The average molecular weight is 323 g/mol. The average Bonchev–Trinajstić information content (AvgIpc) is 2.52. The number of halogens is 3. The minimum atomic E-state index is -4.58. The predicted molar refractivity (Wildman–Crippen MR) is 76.8 cm³/mol. The van der Waals surface area contributed by atoms with Gasteiger partial charge < -0.3 is 16.4 Å². The van der Waals surface area contributed by atoms with Crippen LogP contribution in [0.25, 0.3) is 0 Å². The second-order valence-corrected chi connectivity index (χ2v) is 4.34. The highest BCUT2D eigenvalue weighted by Crippen LogP contribution is 2.33. The predicted octanol–water partition coefficient (Wildman–Crippen LogP) is 1.88. The summed E-state index contributed by atoms with van der Waals surface area (Å²) in [6.07, 6.45) is -2.54. The number of aromatic nitrogens is 3. The molecule has 2 aromatic rings. The standard InChI is InChI=1S/C13H12F3N7/c14-13(15,16)10-7-21-12(23-11(10)19-4-3-17)22-9-2-1-8(5-18)20-6-9/h1-2,6-7H,3-4,17H2,(H2,19,21,22,23). The Hall–Kier alpha value is -2.93. The molecule has 10 heteroatoms. The monoisotopic (exact) mass is 323 g/mol. The lowest BCUT2D eigenvalue weighted by atomic mass is 10.3. The summed E-state index contributed by atoms with van der Waals surface area (Å²) in [6, 6.07) is 4.86. The summed E-state index contributed by atoms with van der Waals surface area (Å²) >= 11 is 0. The molecule has 7 nitrogen and oxygen atoms in total. The van der Waals surface area contributed by atoms with Gasteiger partial charge in [0.05, 0.1) is 11.9 Å². The zero-order valence-corrected chi connectivity index (χ0v) is 11.7. The quantitative estimate of drug-likeness (QED) is 0.770.